The number of aromatic nitrogens is 1. The fourth-order valence-corrected chi connectivity index (χ4v) is 1.15. The second-order valence-corrected chi connectivity index (χ2v) is 3.56. The number of pyridine rings is 1. The molecule has 1 atom stereocenters. The fraction of sp³-hybridized carbons (Fsp3) is 0.545. The van der Waals surface area contributed by atoms with Crippen molar-refractivity contribution in [3.63, 3.8) is 0 Å². The highest BCUT2D eigenvalue weighted by atomic mass is 19.4. The summed E-state index contributed by atoms with van der Waals surface area (Å²) in [6.45, 7) is 4.19. The van der Waals surface area contributed by atoms with Gasteiger partial charge in [0.15, 0.2) is 6.10 Å². The summed E-state index contributed by atoms with van der Waals surface area (Å²) in [5, 5.41) is 3.04. The smallest absolute Gasteiger partial charge is 0.425 e. The van der Waals surface area contributed by atoms with Crippen LogP contribution in [0.15, 0.2) is 18.3 Å². The van der Waals surface area contributed by atoms with Gasteiger partial charge in [0.05, 0.1) is 5.69 Å². The second-order valence-electron chi connectivity index (χ2n) is 3.56. The molecule has 1 N–H and O–H groups in total. The standard InChI is InChI=1S/C11H15F3N2O/c1-3-15-7-9-6-10(4-5-16-9)17-8(2)11(12,13)14/h4-6,8,15H,3,7H2,1-2H3. The number of hydrogen-bond acceptors (Lipinski definition) is 3. The predicted octanol–water partition coefficient (Wildman–Crippen LogP) is 2.52. The SMILES string of the molecule is CCNCc1cc(OC(C)C(F)(F)F)ccn1. The Bertz CT molecular complexity index is 355. The Balaban J connectivity index is 2.65. The van der Waals surface area contributed by atoms with E-state index in [0.717, 1.165) is 13.5 Å². The lowest BCUT2D eigenvalue weighted by Crippen LogP contribution is -2.31. The Morgan fingerprint density at radius 3 is 2.76 bits per heavy atom. The Morgan fingerprint density at radius 1 is 1.47 bits per heavy atom. The maximum absolute atomic E-state index is 12.3. The van der Waals surface area contributed by atoms with Crippen LogP contribution < -0.4 is 10.1 Å². The average Bonchev–Trinajstić information content (AvgIpc) is 2.25. The third-order valence-corrected chi connectivity index (χ3v) is 2.12. The van der Waals surface area contributed by atoms with Crippen LogP contribution in [-0.4, -0.2) is 23.8 Å². The van der Waals surface area contributed by atoms with E-state index >= 15 is 0 Å². The van der Waals surface area contributed by atoms with E-state index < -0.39 is 12.3 Å². The molecule has 0 bridgehead atoms. The minimum absolute atomic E-state index is 0.178. The average molecular weight is 248 g/mol. The van der Waals surface area contributed by atoms with Gasteiger partial charge in [-0.1, -0.05) is 6.92 Å². The lowest BCUT2D eigenvalue weighted by molar-refractivity contribution is -0.189. The third kappa shape index (κ3) is 4.60. The summed E-state index contributed by atoms with van der Waals surface area (Å²) in [6, 6.07) is 2.92. The van der Waals surface area contributed by atoms with Crippen LogP contribution in [-0.2, 0) is 6.54 Å². The molecule has 0 saturated heterocycles. The Morgan fingerprint density at radius 2 is 2.18 bits per heavy atom. The molecule has 0 aliphatic carbocycles. The van der Waals surface area contributed by atoms with Crippen molar-refractivity contribution in [3.8, 4) is 5.75 Å². The molecule has 0 saturated carbocycles. The van der Waals surface area contributed by atoms with Crippen molar-refractivity contribution < 1.29 is 17.9 Å². The van der Waals surface area contributed by atoms with Gasteiger partial charge in [-0.3, -0.25) is 4.98 Å². The molecule has 96 valence electrons. The van der Waals surface area contributed by atoms with Crippen LogP contribution in [0.1, 0.15) is 19.5 Å². The molecule has 0 fully saturated rings. The molecule has 3 nitrogen and oxygen atoms in total. The molecular formula is C11H15F3N2O. The third-order valence-electron chi connectivity index (χ3n) is 2.12. The number of rotatable bonds is 5. The van der Waals surface area contributed by atoms with Gasteiger partial charge in [-0.15, -0.1) is 0 Å². The maximum atomic E-state index is 12.3. The summed E-state index contributed by atoms with van der Waals surface area (Å²) >= 11 is 0. The van der Waals surface area contributed by atoms with E-state index in [-0.39, 0.29) is 5.75 Å². The van der Waals surface area contributed by atoms with Crippen LogP contribution in [0.25, 0.3) is 0 Å². The van der Waals surface area contributed by atoms with Gasteiger partial charge in [0, 0.05) is 18.8 Å². The second kappa shape index (κ2) is 5.86. The first-order chi connectivity index (χ1) is 7.93. The monoisotopic (exact) mass is 248 g/mol. The minimum atomic E-state index is -4.36. The number of nitrogens with one attached hydrogen (secondary N) is 1. The minimum Gasteiger partial charge on any atom is -0.481 e. The molecule has 0 aliphatic rings. The summed E-state index contributed by atoms with van der Waals surface area (Å²) in [5.41, 5.74) is 0.652. The highest BCUT2D eigenvalue weighted by Gasteiger charge is 2.38. The van der Waals surface area contributed by atoms with E-state index in [1.54, 1.807) is 0 Å². The first-order valence-electron chi connectivity index (χ1n) is 5.32. The van der Waals surface area contributed by atoms with Gasteiger partial charge in [-0.2, -0.15) is 13.2 Å². The van der Waals surface area contributed by atoms with Crippen LogP contribution in [0.5, 0.6) is 5.75 Å². The van der Waals surface area contributed by atoms with E-state index in [0.29, 0.717) is 12.2 Å². The van der Waals surface area contributed by atoms with Crippen LogP contribution >= 0.6 is 0 Å². The molecule has 1 aromatic heterocycles. The molecule has 6 heteroatoms. The van der Waals surface area contributed by atoms with Crippen LogP contribution in [0.4, 0.5) is 13.2 Å². The van der Waals surface area contributed by atoms with Gasteiger partial charge < -0.3 is 10.1 Å². The van der Waals surface area contributed by atoms with Crippen molar-refractivity contribution in [2.45, 2.75) is 32.7 Å². The number of hydrogen-bond donors (Lipinski definition) is 1. The predicted molar refractivity (Wildman–Crippen MR) is 57.8 cm³/mol. The van der Waals surface area contributed by atoms with Gasteiger partial charge in [-0.05, 0) is 19.5 Å². The van der Waals surface area contributed by atoms with Gasteiger partial charge in [0.25, 0.3) is 0 Å². The highest BCUT2D eigenvalue weighted by molar-refractivity contribution is 5.23. The van der Waals surface area contributed by atoms with Gasteiger partial charge in [-0.25, -0.2) is 0 Å². The van der Waals surface area contributed by atoms with E-state index in [1.165, 1.54) is 18.3 Å². The van der Waals surface area contributed by atoms with Crippen molar-refractivity contribution in [2.24, 2.45) is 0 Å². The lowest BCUT2D eigenvalue weighted by atomic mass is 10.3. The Kier molecular flexibility index (Phi) is 4.74. The van der Waals surface area contributed by atoms with Crippen LogP contribution in [0.2, 0.25) is 0 Å². The van der Waals surface area contributed by atoms with Gasteiger partial charge in [0.1, 0.15) is 5.75 Å². The zero-order valence-electron chi connectivity index (χ0n) is 9.71. The number of alkyl halides is 3. The number of halogens is 3. The Labute approximate surface area is 98.0 Å². The molecule has 1 heterocycles. The van der Waals surface area contributed by atoms with Crippen molar-refractivity contribution in [2.75, 3.05) is 6.54 Å². The summed E-state index contributed by atoms with van der Waals surface area (Å²) in [6.07, 6.45) is -4.74. The number of ether oxygens (including phenoxy) is 1. The number of nitrogens with zero attached hydrogens (tertiary/aromatic N) is 1. The van der Waals surface area contributed by atoms with E-state index in [4.69, 9.17) is 4.74 Å². The van der Waals surface area contributed by atoms with Crippen molar-refractivity contribution in [3.05, 3.63) is 24.0 Å². The summed E-state index contributed by atoms with van der Waals surface area (Å²) in [7, 11) is 0. The highest BCUT2D eigenvalue weighted by Crippen LogP contribution is 2.24. The lowest BCUT2D eigenvalue weighted by Gasteiger charge is -2.17. The molecule has 1 rings (SSSR count). The molecule has 0 spiro atoms. The molecule has 1 unspecified atom stereocenters. The zero-order chi connectivity index (χ0) is 12.9. The molecule has 0 aromatic carbocycles. The quantitative estimate of drug-likeness (QED) is 0.869. The van der Waals surface area contributed by atoms with Crippen molar-refractivity contribution >= 4 is 0 Å². The first kappa shape index (κ1) is 13.8. The molecule has 17 heavy (non-hydrogen) atoms. The van der Waals surface area contributed by atoms with Gasteiger partial charge >= 0.3 is 6.18 Å². The molecular weight excluding hydrogens is 233 g/mol. The van der Waals surface area contributed by atoms with Crippen molar-refractivity contribution in [1.29, 1.82) is 0 Å². The topological polar surface area (TPSA) is 34.1 Å². The molecule has 1 aromatic rings. The summed E-state index contributed by atoms with van der Waals surface area (Å²) in [5.74, 6) is 0.178. The van der Waals surface area contributed by atoms with E-state index in [1.807, 2.05) is 6.92 Å². The van der Waals surface area contributed by atoms with Gasteiger partial charge in [0.2, 0.25) is 0 Å². The van der Waals surface area contributed by atoms with E-state index in [2.05, 4.69) is 10.3 Å². The maximum Gasteiger partial charge on any atom is 0.425 e. The van der Waals surface area contributed by atoms with Crippen LogP contribution in [0.3, 0.4) is 0 Å². The molecule has 0 aliphatic heterocycles. The van der Waals surface area contributed by atoms with Crippen molar-refractivity contribution in [1.82, 2.24) is 10.3 Å². The zero-order valence-corrected chi connectivity index (χ0v) is 9.71. The fourth-order valence-electron chi connectivity index (χ4n) is 1.15. The summed E-state index contributed by atoms with van der Waals surface area (Å²) < 4.78 is 41.7. The first-order valence-corrected chi connectivity index (χ1v) is 5.32. The molecule has 0 radical (unpaired) electrons. The van der Waals surface area contributed by atoms with Crippen LogP contribution in [0, 0.1) is 0 Å². The van der Waals surface area contributed by atoms with E-state index in [9.17, 15) is 13.2 Å². The Hall–Kier alpha value is -1.30. The largest absolute Gasteiger partial charge is 0.481 e. The molecule has 0 amide bonds. The summed E-state index contributed by atoms with van der Waals surface area (Å²) in [4.78, 5) is 4.02. The normalized spacial score (nSPS) is 13.5.